The van der Waals surface area contributed by atoms with Crippen molar-refractivity contribution in [2.75, 3.05) is 20.2 Å². The van der Waals surface area contributed by atoms with Crippen LogP contribution in [0.4, 0.5) is 0 Å². The topological polar surface area (TPSA) is 82.4 Å². The van der Waals surface area contributed by atoms with Crippen molar-refractivity contribution in [2.45, 2.75) is 26.1 Å². The number of carbonyl (C=O) groups is 1. The zero-order valence-electron chi connectivity index (χ0n) is 13.6. The van der Waals surface area contributed by atoms with E-state index < -0.39 is 0 Å². The smallest absolute Gasteiger partial charge is 0.257 e. The lowest BCUT2D eigenvalue weighted by molar-refractivity contribution is -0.0586. The number of ether oxygens (including phenoxy) is 2. The number of halogens is 1. The van der Waals surface area contributed by atoms with E-state index in [4.69, 9.17) is 21.1 Å². The quantitative estimate of drug-likeness (QED) is 0.834. The van der Waals surface area contributed by atoms with Gasteiger partial charge in [-0.15, -0.1) is 5.10 Å². The number of hydrogen-bond acceptors (Lipinski definition) is 6. The molecule has 2 unspecified atom stereocenters. The highest BCUT2D eigenvalue weighted by molar-refractivity contribution is 6.33. The molecule has 128 valence electrons. The minimum atomic E-state index is -0.140. The van der Waals surface area contributed by atoms with Crippen LogP contribution in [-0.2, 0) is 4.74 Å². The molecule has 0 aliphatic carbocycles. The van der Waals surface area contributed by atoms with Crippen LogP contribution in [0.3, 0.4) is 0 Å². The number of methoxy groups -OCH3 is 1. The van der Waals surface area contributed by atoms with Crippen molar-refractivity contribution in [3.8, 4) is 11.4 Å². The Bertz CT molecular complexity index is 727. The minimum Gasteiger partial charge on any atom is -0.496 e. The lowest BCUT2D eigenvalue weighted by atomic mass is 10.1. The highest BCUT2D eigenvalue weighted by Crippen LogP contribution is 2.30. The number of benzene rings is 1. The second-order valence-electron chi connectivity index (χ2n) is 5.73. The molecule has 1 aromatic carbocycles. The van der Waals surface area contributed by atoms with Gasteiger partial charge in [-0.1, -0.05) is 11.6 Å². The number of tetrazole rings is 1. The van der Waals surface area contributed by atoms with Crippen LogP contribution in [0, 0.1) is 0 Å². The van der Waals surface area contributed by atoms with E-state index in [9.17, 15) is 4.79 Å². The summed E-state index contributed by atoms with van der Waals surface area (Å²) in [6.45, 7) is 4.94. The molecule has 2 heterocycles. The lowest BCUT2D eigenvalue weighted by Gasteiger charge is -2.35. The fraction of sp³-hybridized carbons (Fsp3) is 0.467. The summed E-state index contributed by atoms with van der Waals surface area (Å²) in [5.41, 5.74) is 0.944. The van der Waals surface area contributed by atoms with Gasteiger partial charge >= 0.3 is 0 Å². The Kier molecular flexibility index (Phi) is 4.68. The van der Waals surface area contributed by atoms with E-state index >= 15 is 0 Å². The summed E-state index contributed by atoms with van der Waals surface area (Å²) >= 11 is 6.32. The van der Waals surface area contributed by atoms with Crippen molar-refractivity contribution in [1.29, 1.82) is 0 Å². The highest BCUT2D eigenvalue weighted by atomic mass is 35.5. The molecule has 8 nitrogen and oxygen atoms in total. The molecule has 24 heavy (non-hydrogen) atoms. The summed E-state index contributed by atoms with van der Waals surface area (Å²) in [7, 11) is 1.51. The molecule has 0 radical (unpaired) electrons. The number of nitrogens with zero attached hydrogens (tertiary/aromatic N) is 5. The van der Waals surface area contributed by atoms with Crippen LogP contribution < -0.4 is 4.74 Å². The molecule has 0 N–H and O–H groups in total. The SMILES string of the molecule is COc1cc(-n2cnnn2)c(Cl)cc1C(=O)N1CC(C)OC(C)C1. The largest absolute Gasteiger partial charge is 0.496 e. The van der Waals surface area contributed by atoms with Gasteiger partial charge in [-0.2, -0.15) is 4.68 Å². The minimum absolute atomic E-state index is 0.0142. The first-order valence-electron chi connectivity index (χ1n) is 7.55. The molecule has 1 amide bonds. The standard InChI is InChI=1S/C15H18ClN5O3/c1-9-6-20(7-10(2)24-9)15(22)11-4-12(16)13(5-14(11)23-3)21-8-17-18-19-21/h4-5,8-10H,6-7H2,1-3H3. The Labute approximate surface area is 144 Å². The van der Waals surface area contributed by atoms with Gasteiger partial charge in [-0.05, 0) is 30.3 Å². The zero-order chi connectivity index (χ0) is 17.3. The van der Waals surface area contributed by atoms with Crippen LogP contribution in [-0.4, -0.2) is 63.4 Å². The zero-order valence-corrected chi connectivity index (χ0v) is 14.4. The second-order valence-corrected chi connectivity index (χ2v) is 6.13. The molecule has 2 aromatic rings. The first-order valence-corrected chi connectivity index (χ1v) is 7.93. The van der Waals surface area contributed by atoms with Crippen LogP contribution in [0.25, 0.3) is 5.69 Å². The summed E-state index contributed by atoms with van der Waals surface area (Å²) in [5.74, 6) is 0.278. The Morgan fingerprint density at radius 3 is 2.62 bits per heavy atom. The van der Waals surface area contributed by atoms with Crippen molar-refractivity contribution >= 4 is 17.5 Å². The fourth-order valence-corrected chi connectivity index (χ4v) is 3.09. The molecule has 2 atom stereocenters. The average Bonchev–Trinajstić information content (AvgIpc) is 3.07. The Balaban J connectivity index is 1.95. The molecule has 1 aromatic heterocycles. The molecule has 1 aliphatic rings. The normalized spacial score (nSPS) is 20.9. The van der Waals surface area contributed by atoms with Gasteiger partial charge in [0.2, 0.25) is 0 Å². The maximum Gasteiger partial charge on any atom is 0.257 e. The third-order valence-corrected chi connectivity index (χ3v) is 4.10. The van der Waals surface area contributed by atoms with Crippen LogP contribution >= 0.6 is 11.6 Å². The van der Waals surface area contributed by atoms with Gasteiger partial charge in [0, 0.05) is 19.2 Å². The first-order chi connectivity index (χ1) is 11.5. The molecular formula is C15H18ClN5O3. The van der Waals surface area contributed by atoms with Crippen molar-refractivity contribution < 1.29 is 14.3 Å². The summed E-state index contributed by atoms with van der Waals surface area (Å²) in [4.78, 5) is 14.7. The van der Waals surface area contributed by atoms with Gasteiger partial charge in [0.25, 0.3) is 5.91 Å². The third kappa shape index (κ3) is 3.20. The summed E-state index contributed by atoms with van der Waals surface area (Å²) < 4.78 is 12.5. The van der Waals surface area contributed by atoms with Crippen molar-refractivity contribution in [3.05, 3.63) is 29.0 Å². The summed E-state index contributed by atoms with van der Waals surface area (Å²) in [6.07, 6.45) is 1.40. The van der Waals surface area contributed by atoms with Crippen LogP contribution in [0.2, 0.25) is 5.02 Å². The number of morpholine rings is 1. The molecule has 0 saturated carbocycles. The van der Waals surface area contributed by atoms with Gasteiger partial charge in [0.05, 0.1) is 35.6 Å². The molecule has 1 saturated heterocycles. The second kappa shape index (κ2) is 6.74. The van der Waals surface area contributed by atoms with Crippen LogP contribution in [0.5, 0.6) is 5.75 Å². The van der Waals surface area contributed by atoms with Gasteiger partial charge in [0.15, 0.2) is 0 Å². The van der Waals surface area contributed by atoms with E-state index in [0.29, 0.717) is 35.1 Å². The number of carbonyl (C=O) groups excluding carboxylic acids is 1. The van der Waals surface area contributed by atoms with E-state index in [1.54, 1.807) is 17.0 Å². The first kappa shape index (κ1) is 16.7. The Morgan fingerprint density at radius 1 is 1.33 bits per heavy atom. The van der Waals surface area contributed by atoms with E-state index in [1.165, 1.54) is 18.1 Å². The van der Waals surface area contributed by atoms with Gasteiger partial charge in [-0.3, -0.25) is 4.79 Å². The molecule has 9 heteroatoms. The van der Waals surface area contributed by atoms with Crippen molar-refractivity contribution in [2.24, 2.45) is 0 Å². The predicted octanol–water partition coefficient (Wildman–Crippen LogP) is 1.57. The summed E-state index contributed by atoms with van der Waals surface area (Å²) in [6, 6.07) is 3.24. The van der Waals surface area contributed by atoms with Gasteiger partial charge in [0.1, 0.15) is 12.1 Å². The lowest BCUT2D eigenvalue weighted by Crippen LogP contribution is -2.48. The Morgan fingerprint density at radius 2 is 2.04 bits per heavy atom. The fourth-order valence-electron chi connectivity index (χ4n) is 2.84. The van der Waals surface area contributed by atoms with Gasteiger partial charge in [-0.25, -0.2) is 0 Å². The molecule has 0 bridgehead atoms. The van der Waals surface area contributed by atoms with E-state index in [-0.39, 0.29) is 18.1 Å². The average molecular weight is 352 g/mol. The van der Waals surface area contributed by atoms with Crippen molar-refractivity contribution in [3.63, 3.8) is 0 Å². The van der Waals surface area contributed by atoms with Crippen LogP contribution in [0.15, 0.2) is 18.5 Å². The maximum absolute atomic E-state index is 12.9. The Hall–Kier alpha value is -2.19. The third-order valence-electron chi connectivity index (χ3n) is 3.80. The van der Waals surface area contributed by atoms with Crippen LogP contribution in [0.1, 0.15) is 24.2 Å². The predicted molar refractivity (Wildman–Crippen MR) is 86.6 cm³/mol. The molecular weight excluding hydrogens is 334 g/mol. The number of amides is 1. The number of rotatable bonds is 3. The molecule has 1 fully saturated rings. The number of aromatic nitrogens is 4. The van der Waals surface area contributed by atoms with E-state index in [2.05, 4.69) is 15.5 Å². The molecule has 0 spiro atoms. The molecule has 3 rings (SSSR count). The number of hydrogen-bond donors (Lipinski definition) is 0. The highest BCUT2D eigenvalue weighted by Gasteiger charge is 2.29. The van der Waals surface area contributed by atoms with Crippen molar-refractivity contribution in [1.82, 2.24) is 25.1 Å². The van der Waals surface area contributed by atoms with Gasteiger partial charge < -0.3 is 14.4 Å². The summed E-state index contributed by atoms with van der Waals surface area (Å²) in [5, 5.41) is 11.3. The molecule has 1 aliphatic heterocycles. The maximum atomic E-state index is 12.9. The monoisotopic (exact) mass is 351 g/mol. The van der Waals surface area contributed by atoms with E-state index in [1.807, 2.05) is 13.8 Å². The van der Waals surface area contributed by atoms with E-state index in [0.717, 1.165) is 0 Å².